The largest absolute Gasteiger partial charge is 0.496 e. The molecule has 3 fully saturated rings. The molecule has 1 atom stereocenters. The summed E-state index contributed by atoms with van der Waals surface area (Å²) in [6, 6.07) is 6.88. The number of fused-ring (bicyclic) bond motifs is 1. The SMILES string of the molecule is [2H]C1([2H])CC(OCC2CCN(C(=O)C3CCC(c4cc5c(N[C@H](C)c6cc(N)cc(C(F)(F)F)c6)nc(C)nc5cc4OC)CC3)CC2)CC([2H])([2H])N1. The van der Waals surface area contributed by atoms with Crippen LogP contribution in [0.1, 0.15) is 98.2 Å². The third-order valence-corrected chi connectivity index (χ3v) is 10.2. The Morgan fingerprint density at radius 1 is 1.06 bits per heavy atom. The number of carbonyl (C=O) groups is 1. The van der Waals surface area contributed by atoms with Crippen LogP contribution in [0, 0.1) is 18.8 Å². The van der Waals surface area contributed by atoms with Crippen molar-refractivity contribution in [2.24, 2.45) is 11.8 Å². The van der Waals surface area contributed by atoms with Gasteiger partial charge in [-0.15, -0.1) is 0 Å². The molecule has 2 aliphatic heterocycles. The second-order valence-corrected chi connectivity index (χ2v) is 13.6. The number of methoxy groups -OCH3 is 1. The number of hydrogen-bond donors (Lipinski definition) is 3. The van der Waals surface area contributed by atoms with Gasteiger partial charge in [-0.1, -0.05) is 0 Å². The summed E-state index contributed by atoms with van der Waals surface area (Å²) in [5.41, 5.74) is 7.06. The van der Waals surface area contributed by atoms with E-state index >= 15 is 0 Å². The molecule has 12 heteroatoms. The topological polar surface area (TPSA) is 115 Å². The number of alkyl halides is 3. The number of aromatic nitrogens is 2. The highest BCUT2D eigenvalue weighted by atomic mass is 19.4. The van der Waals surface area contributed by atoms with Gasteiger partial charge in [0.05, 0.1) is 30.3 Å². The molecule has 1 saturated carbocycles. The molecule has 0 radical (unpaired) electrons. The Kier molecular flexibility index (Phi) is 9.30. The van der Waals surface area contributed by atoms with E-state index < -0.39 is 36.9 Å². The highest BCUT2D eigenvalue weighted by Crippen LogP contribution is 2.43. The molecular formula is C37H49F3N6O3. The van der Waals surface area contributed by atoms with Crippen molar-refractivity contribution >= 4 is 28.3 Å². The molecule has 0 unspecified atom stereocenters. The van der Waals surface area contributed by atoms with Crippen molar-refractivity contribution in [3.63, 3.8) is 0 Å². The van der Waals surface area contributed by atoms with E-state index in [9.17, 15) is 18.0 Å². The Morgan fingerprint density at radius 2 is 1.78 bits per heavy atom. The molecule has 49 heavy (non-hydrogen) atoms. The molecular weight excluding hydrogens is 633 g/mol. The van der Waals surface area contributed by atoms with Crippen LogP contribution < -0.4 is 21.1 Å². The van der Waals surface area contributed by atoms with Crippen molar-refractivity contribution in [3.8, 4) is 5.75 Å². The van der Waals surface area contributed by atoms with Gasteiger partial charge in [0.1, 0.15) is 17.4 Å². The van der Waals surface area contributed by atoms with Crippen LogP contribution in [0.2, 0.25) is 0 Å². The summed E-state index contributed by atoms with van der Waals surface area (Å²) in [5, 5.41) is 6.42. The lowest BCUT2D eigenvalue weighted by Crippen LogP contribution is -2.43. The number of piperidine rings is 2. The number of anilines is 2. The van der Waals surface area contributed by atoms with Gasteiger partial charge >= 0.3 is 6.18 Å². The molecule has 6 rings (SSSR count). The second-order valence-electron chi connectivity index (χ2n) is 13.6. The first kappa shape index (κ1) is 30.2. The first-order valence-electron chi connectivity index (χ1n) is 19.2. The van der Waals surface area contributed by atoms with E-state index in [1.54, 1.807) is 21.0 Å². The van der Waals surface area contributed by atoms with Gasteiger partial charge in [0.15, 0.2) is 0 Å². The van der Waals surface area contributed by atoms with E-state index in [1.165, 1.54) is 6.07 Å². The Bertz CT molecular complexity index is 1780. The van der Waals surface area contributed by atoms with Crippen molar-refractivity contribution in [3.05, 3.63) is 52.8 Å². The number of aryl methyl sites for hydroxylation is 1. The highest BCUT2D eigenvalue weighted by Gasteiger charge is 2.34. The van der Waals surface area contributed by atoms with Crippen LogP contribution in [0.15, 0.2) is 30.3 Å². The third kappa shape index (κ3) is 8.40. The summed E-state index contributed by atoms with van der Waals surface area (Å²) in [5.74, 6) is 2.15. The fourth-order valence-electron chi connectivity index (χ4n) is 7.36. The Morgan fingerprint density at radius 3 is 2.45 bits per heavy atom. The molecule has 1 aliphatic carbocycles. The van der Waals surface area contributed by atoms with Crippen molar-refractivity contribution in [2.75, 3.05) is 50.9 Å². The van der Waals surface area contributed by atoms with Gasteiger partial charge in [-0.25, -0.2) is 9.97 Å². The maximum atomic E-state index is 13.6. The maximum Gasteiger partial charge on any atom is 0.416 e. The number of rotatable bonds is 9. The van der Waals surface area contributed by atoms with E-state index in [0.29, 0.717) is 48.2 Å². The number of nitrogen functional groups attached to an aromatic ring is 1. The predicted molar refractivity (Wildman–Crippen MR) is 185 cm³/mol. The third-order valence-electron chi connectivity index (χ3n) is 10.2. The monoisotopic (exact) mass is 686 g/mol. The molecule has 1 amide bonds. The first-order valence-corrected chi connectivity index (χ1v) is 17.2. The number of amides is 1. The number of halogens is 3. The van der Waals surface area contributed by atoms with Crippen LogP contribution in [-0.2, 0) is 15.7 Å². The average Bonchev–Trinajstić information content (AvgIpc) is 3.08. The quantitative estimate of drug-likeness (QED) is 0.206. The summed E-state index contributed by atoms with van der Waals surface area (Å²) >= 11 is 0. The minimum absolute atomic E-state index is 0.0244. The molecule has 9 nitrogen and oxygen atoms in total. The molecule has 3 aliphatic rings. The number of hydrogen-bond acceptors (Lipinski definition) is 8. The summed E-state index contributed by atoms with van der Waals surface area (Å²) in [7, 11) is 1.62. The number of likely N-dealkylation sites (tertiary alicyclic amines) is 1. The molecule has 2 saturated heterocycles. The summed E-state index contributed by atoms with van der Waals surface area (Å²) in [4.78, 5) is 24.8. The van der Waals surface area contributed by atoms with Crippen LogP contribution >= 0.6 is 0 Å². The Hall–Kier alpha value is -3.64. The van der Waals surface area contributed by atoms with Gasteiger partial charge in [0, 0.05) is 48.2 Å². The van der Waals surface area contributed by atoms with Crippen LogP contribution in [-0.4, -0.2) is 66.7 Å². The van der Waals surface area contributed by atoms with Gasteiger partial charge < -0.3 is 30.7 Å². The molecule has 3 heterocycles. The van der Waals surface area contributed by atoms with Crippen LogP contribution in [0.25, 0.3) is 10.9 Å². The Balaban J connectivity index is 1.08. The molecule has 2 aromatic carbocycles. The number of nitrogens with zero attached hydrogens (tertiary/aromatic N) is 3. The van der Waals surface area contributed by atoms with Gasteiger partial charge in [0.25, 0.3) is 0 Å². The summed E-state index contributed by atoms with van der Waals surface area (Å²) in [6.45, 7) is 1.59. The smallest absolute Gasteiger partial charge is 0.416 e. The standard InChI is InChI=1S/C37H49F3N6O3/c1-22(27-16-28(37(38,39)40)18-29(41)17-27)43-35-32-19-31(34(48-3)20-33(32)44-23(2)45-35)25-4-6-26(7-5-25)36(47)46-14-10-24(11-15-46)21-49-30-8-12-42-13-9-30/h16-20,22,24-26,30,42H,4-15,21,41H2,1-3H3,(H,43,44,45)/t22-,25?,26?/m1/s1/i12D2,13D2. The zero-order valence-electron chi connectivity index (χ0n) is 32.3. The van der Waals surface area contributed by atoms with E-state index in [-0.39, 0.29) is 42.2 Å². The predicted octanol–water partition coefficient (Wildman–Crippen LogP) is 7.00. The maximum absolute atomic E-state index is 13.6. The number of nitrogens with two attached hydrogens (primary N) is 1. The van der Waals surface area contributed by atoms with Gasteiger partial charge in [0.2, 0.25) is 5.91 Å². The molecule has 0 bridgehead atoms. The summed E-state index contributed by atoms with van der Waals surface area (Å²) < 4.78 is 84.2. The lowest BCUT2D eigenvalue weighted by Gasteiger charge is -2.37. The van der Waals surface area contributed by atoms with Crippen molar-refractivity contribution in [1.82, 2.24) is 20.2 Å². The fraction of sp³-hybridized carbons (Fsp3) is 0.595. The van der Waals surface area contributed by atoms with Gasteiger partial charge in [-0.3, -0.25) is 4.79 Å². The minimum atomic E-state index is -4.53. The number of benzene rings is 2. The van der Waals surface area contributed by atoms with Crippen molar-refractivity contribution < 1.29 is 32.9 Å². The fourth-order valence-corrected chi connectivity index (χ4v) is 7.36. The van der Waals surface area contributed by atoms with E-state index in [2.05, 4.69) is 20.6 Å². The first-order chi connectivity index (χ1) is 24.9. The number of nitrogens with one attached hydrogen (secondary N) is 2. The number of carbonyl (C=O) groups excluding carboxylic acids is 1. The Labute approximate surface area is 292 Å². The van der Waals surface area contributed by atoms with Gasteiger partial charge in [-0.2, -0.15) is 13.2 Å². The zero-order valence-corrected chi connectivity index (χ0v) is 28.3. The normalized spacial score (nSPS) is 25.1. The highest BCUT2D eigenvalue weighted by molar-refractivity contribution is 5.91. The van der Waals surface area contributed by atoms with Gasteiger partial charge in [-0.05, 0) is 125 Å². The average molecular weight is 687 g/mol. The molecule has 4 N–H and O–H groups in total. The van der Waals surface area contributed by atoms with Crippen LogP contribution in [0.4, 0.5) is 24.7 Å². The van der Waals surface area contributed by atoms with Crippen molar-refractivity contribution in [2.45, 2.75) is 89.5 Å². The molecule has 3 aromatic rings. The second kappa shape index (κ2) is 15.1. The van der Waals surface area contributed by atoms with E-state index in [1.807, 2.05) is 17.0 Å². The minimum Gasteiger partial charge on any atom is -0.496 e. The summed E-state index contributed by atoms with van der Waals surface area (Å²) in [6.07, 6.45) is -0.207. The zero-order chi connectivity index (χ0) is 38.3. The van der Waals surface area contributed by atoms with Crippen LogP contribution in [0.5, 0.6) is 5.75 Å². The number of ether oxygens (including phenoxy) is 2. The lowest BCUT2D eigenvalue weighted by molar-refractivity contribution is -0.139. The van der Waals surface area contributed by atoms with Crippen LogP contribution in [0.3, 0.4) is 0 Å². The van der Waals surface area contributed by atoms with Crippen molar-refractivity contribution in [1.29, 1.82) is 0 Å². The molecule has 266 valence electrons. The van der Waals surface area contributed by atoms with E-state index in [4.69, 9.17) is 20.7 Å². The lowest BCUT2D eigenvalue weighted by atomic mass is 9.77. The molecule has 0 spiro atoms. The van der Waals surface area contributed by atoms with E-state index in [0.717, 1.165) is 61.6 Å². The molecule has 1 aromatic heterocycles.